The van der Waals surface area contributed by atoms with Crippen LogP contribution in [0.2, 0.25) is 0 Å². The molecule has 6 nitrogen and oxygen atoms in total. The number of nitrogens with zero attached hydrogens (tertiary/aromatic N) is 2. The van der Waals surface area contributed by atoms with Crippen molar-refractivity contribution in [3.8, 4) is 0 Å². The Morgan fingerprint density at radius 3 is 1.31 bits per heavy atom. The van der Waals surface area contributed by atoms with Gasteiger partial charge in [-0.25, -0.2) is 10.9 Å². The number of amides is 2. The van der Waals surface area contributed by atoms with Gasteiger partial charge in [0.25, 0.3) is 0 Å². The van der Waals surface area contributed by atoms with E-state index >= 15 is 0 Å². The lowest BCUT2D eigenvalue weighted by Crippen LogP contribution is -2.21. The number of hydrogen-bond donors (Lipinski definition) is 2. The average molecular weight is 491 g/mol. The van der Waals surface area contributed by atoms with E-state index in [1.165, 1.54) is 0 Å². The fourth-order valence-electron chi connectivity index (χ4n) is 3.79. The summed E-state index contributed by atoms with van der Waals surface area (Å²) in [5, 5.41) is 8.80. The van der Waals surface area contributed by atoms with Gasteiger partial charge in [-0.1, -0.05) is 101 Å². The molecule has 2 aromatic carbocycles. The van der Waals surface area contributed by atoms with Crippen LogP contribution in [0.5, 0.6) is 0 Å². The van der Waals surface area contributed by atoms with E-state index in [-0.39, 0.29) is 11.8 Å². The molecule has 0 radical (unpaired) electrons. The number of hydrogen-bond acceptors (Lipinski definition) is 4. The van der Waals surface area contributed by atoms with E-state index in [4.69, 9.17) is 0 Å². The van der Waals surface area contributed by atoms with E-state index in [0.717, 1.165) is 61.1 Å². The van der Waals surface area contributed by atoms with Crippen LogP contribution in [0, 0.1) is 11.8 Å². The van der Waals surface area contributed by atoms with Gasteiger partial charge in [0.05, 0.1) is 11.4 Å². The summed E-state index contributed by atoms with van der Waals surface area (Å²) in [7, 11) is 0. The predicted molar refractivity (Wildman–Crippen MR) is 149 cm³/mol. The van der Waals surface area contributed by atoms with Gasteiger partial charge in [-0.15, -0.1) is 0 Å². The van der Waals surface area contributed by atoms with Crippen LogP contribution in [0.15, 0.2) is 70.9 Å². The molecule has 0 aromatic heterocycles. The molecule has 0 heterocycles. The van der Waals surface area contributed by atoms with Crippen LogP contribution in [0.4, 0.5) is 0 Å². The van der Waals surface area contributed by atoms with E-state index in [1.54, 1.807) is 0 Å². The first-order chi connectivity index (χ1) is 17.3. The second-order valence-electron chi connectivity index (χ2n) is 10.0. The standard InChI is InChI=1S/C30H42N4O2/c1-23(2)21-27(25-15-9-7-10-16-25)31-33-29(35)19-13-5-6-14-20-30(36)34-32-28(22-24(3)4)26-17-11-8-12-18-26/h7-12,15-18,23-24H,5-6,13-14,19-22H2,1-4H3,(H,33,35)(H,34,36)/b31-27+,32-28+. The molecule has 0 fully saturated rings. The monoisotopic (exact) mass is 490 g/mol. The molecule has 0 bridgehead atoms. The van der Waals surface area contributed by atoms with Crippen molar-refractivity contribution < 1.29 is 9.59 Å². The molecule has 0 saturated heterocycles. The lowest BCUT2D eigenvalue weighted by Gasteiger charge is -2.10. The van der Waals surface area contributed by atoms with Crippen LogP contribution in [0.25, 0.3) is 0 Å². The maximum atomic E-state index is 12.3. The fraction of sp³-hybridized carbons (Fsp3) is 0.467. The van der Waals surface area contributed by atoms with Gasteiger partial charge in [0.2, 0.25) is 11.8 Å². The zero-order chi connectivity index (χ0) is 26.2. The summed E-state index contributed by atoms with van der Waals surface area (Å²) in [6.07, 6.45) is 5.82. The minimum atomic E-state index is -0.0714. The number of nitrogens with one attached hydrogen (secondary N) is 2. The van der Waals surface area contributed by atoms with Gasteiger partial charge in [0.1, 0.15) is 0 Å². The smallest absolute Gasteiger partial charge is 0.240 e. The van der Waals surface area contributed by atoms with Crippen molar-refractivity contribution in [1.29, 1.82) is 0 Å². The first-order valence-corrected chi connectivity index (χ1v) is 13.2. The zero-order valence-corrected chi connectivity index (χ0v) is 22.3. The Kier molecular flexibility index (Phi) is 13.2. The minimum Gasteiger partial charge on any atom is -0.273 e. The van der Waals surface area contributed by atoms with E-state index in [1.807, 2.05) is 60.7 Å². The third-order valence-electron chi connectivity index (χ3n) is 5.61. The first-order valence-electron chi connectivity index (χ1n) is 13.2. The Morgan fingerprint density at radius 1 is 0.611 bits per heavy atom. The van der Waals surface area contributed by atoms with Gasteiger partial charge < -0.3 is 0 Å². The SMILES string of the molecule is CC(C)C/C(=N\NC(=O)CCCCCCC(=O)N/N=C(\CC(C)C)c1ccccc1)c1ccccc1. The molecule has 0 saturated carbocycles. The quantitative estimate of drug-likeness (QED) is 0.171. The number of carbonyl (C=O) groups excluding carboxylic acids is 2. The Hall–Kier alpha value is -3.28. The van der Waals surface area contributed by atoms with Gasteiger partial charge in [-0.3, -0.25) is 9.59 Å². The fourth-order valence-corrected chi connectivity index (χ4v) is 3.79. The highest BCUT2D eigenvalue weighted by Gasteiger charge is 2.09. The molecule has 6 heteroatoms. The summed E-state index contributed by atoms with van der Waals surface area (Å²) >= 11 is 0. The molecule has 2 aromatic rings. The van der Waals surface area contributed by atoms with Gasteiger partial charge in [0, 0.05) is 12.8 Å². The van der Waals surface area contributed by atoms with E-state index in [0.29, 0.717) is 24.7 Å². The third-order valence-corrected chi connectivity index (χ3v) is 5.61. The van der Waals surface area contributed by atoms with Crippen molar-refractivity contribution >= 4 is 23.2 Å². The summed E-state index contributed by atoms with van der Waals surface area (Å²) in [6, 6.07) is 19.9. The Labute approximate surface area is 216 Å². The highest BCUT2D eigenvalue weighted by Crippen LogP contribution is 2.12. The average Bonchev–Trinajstić information content (AvgIpc) is 2.87. The number of unbranched alkanes of at least 4 members (excludes halogenated alkanes) is 3. The molecule has 0 aliphatic rings. The van der Waals surface area contributed by atoms with Crippen molar-refractivity contribution in [2.75, 3.05) is 0 Å². The molecule has 2 N–H and O–H groups in total. The molecule has 36 heavy (non-hydrogen) atoms. The molecule has 0 aliphatic heterocycles. The highest BCUT2D eigenvalue weighted by molar-refractivity contribution is 6.01. The molecule has 0 aliphatic carbocycles. The van der Waals surface area contributed by atoms with Crippen molar-refractivity contribution in [3.63, 3.8) is 0 Å². The van der Waals surface area contributed by atoms with E-state index in [9.17, 15) is 9.59 Å². The molecule has 194 valence electrons. The second kappa shape index (κ2) is 16.4. The predicted octanol–water partition coefficient (Wildman–Crippen LogP) is 6.46. The third kappa shape index (κ3) is 11.9. The second-order valence-corrected chi connectivity index (χ2v) is 10.0. The number of carbonyl (C=O) groups is 2. The summed E-state index contributed by atoms with van der Waals surface area (Å²) in [6.45, 7) is 8.56. The summed E-state index contributed by atoms with van der Waals surface area (Å²) in [5.41, 5.74) is 9.31. The molecule has 0 spiro atoms. The maximum absolute atomic E-state index is 12.3. The summed E-state index contributed by atoms with van der Waals surface area (Å²) in [4.78, 5) is 24.5. The number of benzene rings is 2. The molecule has 0 unspecified atom stereocenters. The van der Waals surface area contributed by atoms with Crippen LogP contribution in [-0.4, -0.2) is 23.2 Å². The van der Waals surface area contributed by atoms with Crippen molar-refractivity contribution in [1.82, 2.24) is 10.9 Å². The highest BCUT2D eigenvalue weighted by atomic mass is 16.2. The van der Waals surface area contributed by atoms with Crippen LogP contribution >= 0.6 is 0 Å². The number of hydrazone groups is 2. The van der Waals surface area contributed by atoms with Crippen LogP contribution in [-0.2, 0) is 9.59 Å². The van der Waals surface area contributed by atoms with Crippen molar-refractivity contribution in [2.24, 2.45) is 22.0 Å². The van der Waals surface area contributed by atoms with Crippen LogP contribution in [0.1, 0.15) is 90.2 Å². The molecule has 2 rings (SSSR count). The largest absolute Gasteiger partial charge is 0.273 e. The van der Waals surface area contributed by atoms with E-state index < -0.39 is 0 Å². The van der Waals surface area contributed by atoms with Crippen LogP contribution < -0.4 is 10.9 Å². The van der Waals surface area contributed by atoms with Gasteiger partial charge in [-0.2, -0.15) is 10.2 Å². The van der Waals surface area contributed by atoms with E-state index in [2.05, 4.69) is 48.7 Å². The molecular weight excluding hydrogens is 448 g/mol. The number of rotatable bonds is 15. The first kappa shape index (κ1) is 29.0. The topological polar surface area (TPSA) is 82.9 Å². The van der Waals surface area contributed by atoms with Gasteiger partial charge in [0.15, 0.2) is 0 Å². The van der Waals surface area contributed by atoms with Gasteiger partial charge >= 0.3 is 0 Å². The Balaban J connectivity index is 1.68. The summed E-state index contributed by atoms with van der Waals surface area (Å²) in [5.74, 6) is 0.753. The van der Waals surface area contributed by atoms with Crippen molar-refractivity contribution in [3.05, 3.63) is 71.8 Å². The summed E-state index contributed by atoms with van der Waals surface area (Å²) < 4.78 is 0. The Morgan fingerprint density at radius 2 is 0.972 bits per heavy atom. The normalized spacial score (nSPS) is 12.2. The lowest BCUT2D eigenvalue weighted by atomic mass is 10.0. The lowest BCUT2D eigenvalue weighted by molar-refractivity contribution is -0.122. The molecular formula is C30H42N4O2. The van der Waals surface area contributed by atoms with Crippen LogP contribution in [0.3, 0.4) is 0 Å². The molecule has 0 atom stereocenters. The maximum Gasteiger partial charge on any atom is 0.240 e. The zero-order valence-electron chi connectivity index (χ0n) is 22.3. The Bertz CT molecular complexity index is 901. The van der Waals surface area contributed by atoms with Crippen molar-refractivity contribution in [2.45, 2.75) is 79.1 Å². The minimum absolute atomic E-state index is 0.0714. The van der Waals surface area contributed by atoms with Gasteiger partial charge in [-0.05, 0) is 48.6 Å². The molecule has 2 amide bonds.